The van der Waals surface area contributed by atoms with Crippen LogP contribution in [0.25, 0.3) is 16.9 Å². The van der Waals surface area contributed by atoms with Gasteiger partial charge in [0, 0.05) is 22.7 Å². The van der Waals surface area contributed by atoms with Crippen LogP contribution in [0, 0.1) is 0 Å². The Morgan fingerprint density at radius 1 is 1.32 bits per heavy atom. The minimum atomic E-state index is -1.10. The molecule has 0 saturated heterocycles. The number of amides is 1. The van der Waals surface area contributed by atoms with Gasteiger partial charge >= 0.3 is 6.09 Å². The highest BCUT2D eigenvalue weighted by molar-refractivity contribution is 5.85. The molecule has 4 rings (SSSR count). The first-order valence-corrected chi connectivity index (χ1v) is 8.90. The number of nitrogens with one attached hydrogen (secondary N) is 1. The van der Waals surface area contributed by atoms with Crippen molar-refractivity contribution < 1.29 is 9.90 Å². The third-order valence-electron chi connectivity index (χ3n) is 5.24. The van der Waals surface area contributed by atoms with Gasteiger partial charge < -0.3 is 10.8 Å². The maximum atomic E-state index is 10.8. The van der Waals surface area contributed by atoms with Gasteiger partial charge in [0.15, 0.2) is 0 Å². The van der Waals surface area contributed by atoms with E-state index in [9.17, 15) is 4.79 Å². The largest absolute Gasteiger partial charge is 0.465 e. The van der Waals surface area contributed by atoms with Gasteiger partial charge in [0.2, 0.25) is 0 Å². The Morgan fingerprint density at radius 3 is 2.71 bits per heavy atom. The van der Waals surface area contributed by atoms with Crippen LogP contribution in [-0.2, 0) is 0 Å². The first kappa shape index (κ1) is 19.9. The Labute approximate surface area is 169 Å². The van der Waals surface area contributed by atoms with Gasteiger partial charge in [-0.05, 0) is 42.7 Å². The fourth-order valence-corrected chi connectivity index (χ4v) is 3.42. The van der Waals surface area contributed by atoms with E-state index in [1.165, 1.54) is 5.56 Å². The van der Waals surface area contributed by atoms with Crippen molar-refractivity contribution in [1.29, 1.82) is 0 Å². The summed E-state index contributed by atoms with van der Waals surface area (Å²) >= 11 is 0. The minimum absolute atomic E-state index is 0. The van der Waals surface area contributed by atoms with Crippen LogP contribution in [0.5, 0.6) is 0 Å². The van der Waals surface area contributed by atoms with Gasteiger partial charge in [-0.15, -0.1) is 17.5 Å². The maximum Gasteiger partial charge on any atom is 0.409 e. The standard InChI is InChI=1S/C20H21N5O2.ClH/c1-2-20(21)11-17(20)13-6-8-16(9-7-13)25-12-18(23-24-25)14-4-3-5-15(10-14)22-19(26)27;/h3-10,12,17,22H,2,11,21H2,1H3,(H,26,27);1H. The van der Waals surface area contributed by atoms with Crippen molar-refractivity contribution in [2.24, 2.45) is 5.73 Å². The second kappa shape index (κ2) is 7.61. The van der Waals surface area contributed by atoms with Crippen LogP contribution in [0.2, 0.25) is 0 Å². The molecule has 1 aliphatic carbocycles. The van der Waals surface area contributed by atoms with Crippen LogP contribution in [0.1, 0.15) is 31.2 Å². The van der Waals surface area contributed by atoms with Crippen LogP contribution in [0.15, 0.2) is 54.7 Å². The zero-order valence-electron chi connectivity index (χ0n) is 15.4. The Balaban J connectivity index is 0.00000225. The van der Waals surface area contributed by atoms with Crippen molar-refractivity contribution in [3.05, 3.63) is 60.3 Å². The van der Waals surface area contributed by atoms with Crippen LogP contribution in [0.3, 0.4) is 0 Å². The number of hydrogen-bond acceptors (Lipinski definition) is 4. The molecule has 0 aliphatic heterocycles. The van der Waals surface area contributed by atoms with Crippen molar-refractivity contribution in [2.75, 3.05) is 5.32 Å². The summed E-state index contributed by atoms with van der Waals surface area (Å²) in [5.41, 5.74) is 10.4. The van der Waals surface area contributed by atoms with Crippen molar-refractivity contribution >= 4 is 24.2 Å². The molecule has 1 heterocycles. The summed E-state index contributed by atoms with van der Waals surface area (Å²) in [5.74, 6) is 0.437. The zero-order chi connectivity index (χ0) is 19.0. The number of anilines is 1. The molecule has 0 spiro atoms. The van der Waals surface area contributed by atoms with Gasteiger partial charge in [-0.1, -0.05) is 36.4 Å². The molecular weight excluding hydrogens is 378 g/mol. The second-order valence-electron chi connectivity index (χ2n) is 6.99. The number of rotatable bonds is 5. The molecule has 1 saturated carbocycles. The lowest BCUT2D eigenvalue weighted by Gasteiger charge is -2.08. The van der Waals surface area contributed by atoms with Crippen molar-refractivity contribution in [2.45, 2.75) is 31.2 Å². The van der Waals surface area contributed by atoms with E-state index in [0.29, 0.717) is 17.3 Å². The topological polar surface area (TPSA) is 106 Å². The van der Waals surface area contributed by atoms with Gasteiger partial charge in [-0.25, -0.2) is 9.48 Å². The Kier molecular flexibility index (Phi) is 5.40. The van der Waals surface area contributed by atoms with E-state index in [0.717, 1.165) is 24.1 Å². The lowest BCUT2D eigenvalue weighted by molar-refractivity contribution is 0.210. The molecule has 1 aromatic heterocycles. The summed E-state index contributed by atoms with van der Waals surface area (Å²) in [7, 11) is 0. The van der Waals surface area contributed by atoms with Crippen molar-refractivity contribution in [3.8, 4) is 16.9 Å². The van der Waals surface area contributed by atoms with E-state index < -0.39 is 6.09 Å². The lowest BCUT2D eigenvalue weighted by atomic mass is 10.0. The molecule has 0 bridgehead atoms. The van der Waals surface area contributed by atoms with Crippen molar-refractivity contribution in [3.63, 3.8) is 0 Å². The number of carbonyl (C=O) groups is 1. The molecular formula is C20H22ClN5O2. The summed E-state index contributed by atoms with van der Waals surface area (Å²) in [6.45, 7) is 2.13. The average Bonchev–Trinajstić information content (AvgIpc) is 3.12. The number of hydrogen-bond donors (Lipinski definition) is 3. The van der Waals surface area contributed by atoms with Gasteiger partial charge in [0.05, 0.1) is 11.9 Å². The lowest BCUT2D eigenvalue weighted by Crippen LogP contribution is -2.22. The number of nitrogens with two attached hydrogens (primary N) is 1. The molecule has 7 nitrogen and oxygen atoms in total. The number of carboxylic acid groups (broad SMARTS) is 1. The summed E-state index contributed by atoms with van der Waals surface area (Å²) < 4.78 is 1.71. The molecule has 2 unspecified atom stereocenters. The average molecular weight is 400 g/mol. The van der Waals surface area contributed by atoms with E-state index in [2.05, 4.69) is 34.7 Å². The second-order valence-corrected chi connectivity index (χ2v) is 6.99. The number of halogens is 1. The monoisotopic (exact) mass is 399 g/mol. The van der Waals surface area contributed by atoms with Crippen LogP contribution < -0.4 is 11.1 Å². The molecule has 1 aliphatic rings. The summed E-state index contributed by atoms with van der Waals surface area (Å²) in [4.78, 5) is 10.8. The highest BCUT2D eigenvalue weighted by atomic mass is 35.5. The smallest absolute Gasteiger partial charge is 0.409 e. The first-order chi connectivity index (χ1) is 13.0. The molecule has 4 N–H and O–H groups in total. The molecule has 3 aromatic rings. The predicted octanol–water partition coefficient (Wildman–Crippen LogP) is 4.04. The van der Waals surface area contributed by atoms with Gasteiger partial charge in [-0.2, -0.15) is 0 Å². The number of aromatic nitrogens is 3. The van der Waals surface area contributed by atoms with Crippen LogP contribution in [-0.4, -0.2) is 31.7 Å². The highest BCUT2D eigenvalue weighted by Crippen LogP contribution is 2.51. The van der Waals surface area contributed by atoms with Crippen molar-refractivity contribution in [1.82, 2.24) is 15.0 Å². The molecule has 2 aromatic carbocycles. The molecule has 8 heteroatoms. The molecule has 0 radical (unpaired) electrons. The summed E-state index contributed by atoms with van der Waals surface area (Å²) in [5, 5.41) is 19.6. The highest BCUT2D eigenvalue weighted by Gasteiger charge is 2.49. The van der Waals surface area contributed by atoms with Crippen LogP contribution in [0.4, 0.5) is 10.5 Å². The summed E-state index contributed by atoms with van der Waals surface area (Å²) in [6, 6.07) is 15.3. The van der Waals surface area contributed by atoms with Gasteiger partial charge in [0.1, 0.15) is 5.69 Å². The third kappa shape index (κ3) is 3.85. The fraction of sp³-hybridized carbons (Fsp3) is 0.250. The number of nitrogens with zero attached hydrogens (tertiary/aromatic N) is 3. The maximum absolute atomic E-state index is 10.8. The van der Waals surface area contributed by atoms with Gasteiger partial charge in [0.25, 0.3) is 0 Å². The SMILES string of the molecule is CCC1(N)CC1c1ccc(-n2cc(-c3cccc(NC(=O)O)c3)nn2)cc1.Cl. The Bertz CT molecular complexity index is 988. The molecule has 28 heavy (non-hydrogen) atoms. The Hall–Kier alpha value is -2.90. The Morgan fingerprint density at radius 2 is 2.07 bits per heavy atom. The van der Waals surface area contributed by atoms with Gasteiger partial charge in [-0.3, -0.25) is 5.32 Å². The van der Waals surface area contributed by atoms with E-state index in [1.807, 2.05) is 24.4 Å². The molecule has 1 fully saturated rings. The number of benzene rings is 2. The van der Waals surface area contributed by atoms with E-state index in [4.69, 9.17) is 10.8 Å². The summed E-state index contributed by atoms with van der Waals surface area (Å²) in [6.07, 6.45) is 2.75. The minimum Gasteiger partial charge on any atom is -0.465 e. The van der Waals surface area contributed by atoms with E-state index >= 15 is 0 Å². The molecule has 2 atom stereocenters. The predicted molar refractivity (Wildman–Crippen MR) is 110 cm³/mol. The van der Waals surface area contributed by atoms with E-state index in [-0.39, 0.29) is 17.9 Å². The molecule has 1 amide bonds. The normalized spacial score (nSPS) is 20.3. The first-order valence-electron chi connectivity index (χ1n) is 8.90. The zero-order valence-corrected chi connectivity index (χ0v) is 16.2. The fourth-order valence-electron chi connectivity index (χ4n) is 3.42. The quantitative estimate of drug-likeness (QED) is 0.600. The van der Waals surface area contributed by atoms with Crippen LogP contribution >= 0.6 is 12.4 Å². The molecule has 146 valence electrons. The van der Waals surface area contributed by atoms with E-state index in [1.54, 1.807) is 22.9 Å². The third-order valence-corrected chi connectivity index (χ3v) is 5.24.